The minimum absolute atomic E-state index is 0.000159. The molecule has 9 nitrogen and oxygen atoms in total. The molecule has 0 atom stereocenters. The van der Waals surface area contributed by atoms with Crippen LogP contribution in [0.3, 0.4) is 0 Å². The van der Waals surface area contributed by atoms with Crippen LogP contribution in [0, 0.1) is 6.92 Å². The molecule has 32 heavy (non-hydrogen) atoms. The van der Waals surface area contributed by atoms with E-state index in [0.29, 0.717) is 37.0 Å². The Morgan fingerprint density at radius 2 is 1.78 bits per heavy atom. The van der Waals surface area contributed by atoms with Gasteiger partial charge in [0.2, 0.25) is 10.0 Å². The third kappa shape index (κ3) is 5.70. The van der Waals surface area contributed by atoms with Crippen molar-refractivity contribution >= 4 is 21.6 Å². The average Bonchev–Trinajstić information content (AvgIpc) is 2.79. The molecule has 3 rings (SSSR count). The van der Waals surface area contributed by atoms with Crippen LogP contribution in [0.25, 0.3) is 0 Å². The second-order valence-corrected chi connectivity index (χ2v) is 9.01. The highest BCUT2D eigenvalue weighted by atomic mass is 32.2. The topological polar surface area (TPSA) is 103 Å². The number of carbonyl (C=O) groups excluding carboxylic acids is 1. The molecule has 0 radical (unpaired) electrons. The van der Waals surface area contributed by atoms with Crippen molar-refractivity contribution in [2.24, 2.45) is 0 Å². The summed E-state index contributed by atoms with van der Waals surface area (Å²) in [6, 6.07) is 9.92. The van der Waals surface area contributed by atoms with Crippen LogP contribution in [-0.4, -0.2) is 65.3 Å². The van der Waals surface area contributed by atoms with Gasteiger partial charge in [-0.25, -0.2) is 8.42 Å². The van der Waals surface area contributed by atoms with Crippen molar-refractivity contribution in [3.05, 3.63) is 42.0 Å². The normalized spacial score (nSPS) is 14.6. The van der Waals surface area contributed by atoms with Gasteiger partial charge < -0.3 is 24.3 Å². The van der Waals surface area contributed by atoms with Gasteiger partial charge in [0.05, 0.1) is 26.9 Å². The third-order valence-corrected chi connectivity index (χ3v) is 6.71. The molecular formula is C22H28N2O7S. The zero-order chi connectivity index (χ0) is 23.1. The Morgan fingerprint density at radius 3 is 2.47 bits per heavy atom. The van der Waals surface area contributed by atoms with Crippen molar-refractivity contribution in [3.8, 4) is 17.2 Å². The number of rotatable bonds is 9. The van der Waals surface area contributed by atoms with Gasteiger partial charge in [-0.15, -0.1) is 0 Å². The number of nitrogens with one attached hydrogen (secondary N) is 1. The summed E-state index contributed by atoms with van der Waals surface area (Å²) in [7, 11) is -2.29. The van der Waals surface area contributed by atoms with Crippen molar-refractivity contribution in [3.63, 3.8) is 0 Å². The Balaban J connectivity index is 1.75. The maximum atomic E-state index is 13.2. The van der Waals surface area contributed by atoms with E-state index < -0.39 is 15.9 Å². The van der Waals surface area contributed by atoms with Gasteiger partial charge in [-0.2, -0.15) is 4.31 Å². The maximum absolute atomic E-state index is 13.2. The number of benzene rings is 2. The van der Waals surface area contributed by atoms with E-state index in [2.05, 4.69) is 5.32 Å². The number of sulfonamides is 1. The SMILES string of the molecule is CCOc1ccc(NC(=O)COc2ccc(C)cc2OC)cc1S(=O)(=O)N1CCOCC1. The molecule has 0 aromatic heterocycles. The molecule has 10 heteroatoms. The number of carbonyl (C=O) groups is 1. The first kappa shape index (κ1) is 23.8. The molecule has 0 saturated carbocycles. The lowest BCUT2D eigenvalue weighted by Gasteiger charge is -2.27. The van der Waals surface area contributed by atoms with Gasteiger partial charge in [-0.05, 0) is 49.7 Å². The highest BCUT2D eigenvalue weighted by Gasteiger charge is 2.29. The fourth-order valence-corrected chi connectivity index (χ4v) is 4.79. The Hall–Kier alpha value is -2.82. The predicted octanol–water partition coefficient (Wildman–Crippen LogP) is 2.44. The van der Waals surface area contributed by atoms with Gasteiger partial charge in [-0.1, -0.05) is 6.07 Å². The van der Waals surface area contributed by atoms with E-state index in [4.69, 9.17) is 18.9 Å². The van der Waals surface area contributed by atoms with Gasteiger partial charge in [-0.3, -0.25) is 4.79 Å². The molecule has 0 bridgehead atoms. The molecule has 2 aromatic rings. The van der Waals surface area contributed by atoms with E-state index in [1.165, 1.54) is 23.5 Å². The first-order chi connectivity index (χ1) is 15.3. The second kappa shape index (κ2) is 10.7. The number of morpholine rings is 1. The lowest BCUT2D eigenvalue weighted by Crippen LogP contribution is -2.40. The summed E-state index contributed by atoms with van der Waals surface area (Å²) in [5, 5.41) is 2.68. The van der Waals surface area contributed by atoms with Crippen molar-refractivity contribution in [2.45, 2.75) is 18.7 Å². The lowest BCUT2D eigenvalue weighted by atomic mass is 10.2. The first-order valence-corrected chi connectivity index (χ1v) is 11.7. The van der Waals surface area contributed by atoms with Gasteiger partial charge in [0.1, 0.15) is 10.6 Å². The molecular weight excluding hydrogens is 436 g/mol. The Bertz CT molecular complexity index is 1050. The standard InChI is InChI=1S/C22H28N2O7S/c1-4-30-19-8-6-17(14-21(19)32(26,27)24-9-11-29-12-10-24)23-22(25)15-31-18-7-5-16(2)13-20(18)28-3/h5-8,13-14H,4,9-12,15H2,1-3H3,(H,23,25). The Kier molecular flexibility index (Phi) is 7.94. The summed E-state index contributed by atoms with van der Waals surface area (Å²) < 4.78 is 49.3. The largest absolute Gasteiger partial charge is 0.493 e. The Labute approximate surface area is 188 Å². The highest BCUT2D eigenvalue weighted by molar-refractivity contribution is 7.89. The molecule has 0 spiro atoms. The van der Waals surface area contributed by atoms with E-state index >= 15 is 0 Å². The fraction of sp³-hybridized carbons (Fsp3) is 0.409. The molecule has 174 valence electrons. The van der Waals surface area contributed by atoms with Crippen LogP contribution < -0.4 is 19.5 Å². The highest BCUT2D eigenvalue weighted by Crippen LogP contribution is 2.31. The van der Waals surface area contributed by atoms with Crippen LogP contribution in [0.2, 0.25) is 0 Å². The number of hydrogen-bond acceptors (Lipinski definition) is 7. The van der Waals surface area contributed by atoms with Gasteiger partial charge in [0, 0.05) is 18.8 Å². The number of anilines is 1. The number of ether oxygens (including phenoxy) is 4. The smallest absolute Gasteiger partial charge is 0.262 e. The minimum atomic E-state index is -3.81. The van der Waals surface area contributed by atoms with E-state index in [0.717, 1.165) is 5.56 Å². The van der Waals surface area contributed by atoms with Crippen LogP contribution in [-0.2, 0) is 19.6 Å². The zero-order valence-electron chi connectivity index (χ0n) is 18.4. The summed E-state index contributed by atoms with van der Waals surface area (Å²) >= 11 is 0. The van der Waals surface area contributed by atoms with Gasteiger partial charge >= 0.3 is 0 Å². The number of hydrogen-bond donors (Lipinski definition) is 1. The van der Waals surface area contributed by atoms with Gasteiger partial charge in [0.15, 0.2) is 18.1 Å². The molecule has 0 aliphatic carbocycles. The average molecular weight is 465 g/mol. The lowest BCUT2D eigenvalue weighted by molar-refractivity contribution is -0.118. The minimum Gasteiger partial charge on any atom is -0.493 e. The number of nitrogens with zero attached hydrogens (tertiary/aromatic N) is 1. The number of amides is 1. The molecule has 1 heterocycles. The van der Waals surface area contributed by atoms with E-state index in [-0.39, 0.29) is 30.3 Å². The van der Waals surface area contributed by atoms with E-state index in [9.17, 15) is 13.2 Å². The summed E-state index contributed by atoms with van der Waals surface area (Å²) in [4.78, 5) is 12.4. The monoisotopic (exact) mass is 464 g/mol. The van der Waals surface area contributed by atoms with E-state index in [1.807, 2.05) is 19.1 Å². The summed E-state index contributed by atoms with van der Waals surface area (Å²) in [5.41, 5.74) is 1.33. The number of aryl methyl sites for hydroxylation is 1. The molecule has 1 fully saturated rings. The van der Waals surface area contributed by atoms with Crippen LogP contribution >= 0.6 is 0 Å². The zero-order valence-corrected chi connectivity index (χ0v) is 19.2. The van der Waals surface area contributed by atoms with Crippen LogP contribution in [0.5, 0.6) is 17.2 Å². The van der Waals surface area contributed by atoms with Crippen LogP contribution in [0.1, 0.15) is 12.5 Å². The van der Waals surface area contributed by atoms with Crippen molar-refractivity contribution in [1.29, 1.82) is 0 Å². The van der Waals surface area contributed by atoms with Crippen LogP contribution in [0.15, 0.2) is 41.3 Å². The van der Waals surface area contributed by atoms with Gasteiger partial charge in [0.25, 0.3) is 5.91 Å². The molecule has 2 aromatic carbocycles. The third-order valence-electron chi connectivity index (χ3n) is 4.79. The Morgan fingerprint density at radius 1 is 1.06 bits per heavy atom. The summed E-state index contributed by atoms with van der Waals surface area (Å²) in [6.07, 6.45) is 0. The first-order valence-electron chi connectivity index (χ1n) is 10.3. The predicted molar refractivity (Wildman–Crippen MR) is 119 cm³/mol. The molecule has 1 amide bonds. The van der Waals surface area contributed by atoms with Crippen molar-refractivity contribution in [2.75, 3.05) is 51.9 Å². The molecule has 1 aliphatic heterocycles. The second-order valence-electron chi connectivity index (χ2n) is 7.10. The summed E-state index contributed by atoms with van der Waals surface area (Å²) in [5.74, 6) is 0.762. The molecule has 1 N–H and O–H groups in total. The van der Waals surface area contributed by atoms with Crippen molar-refractivity contribution < 1.29 is 32.2 Å². The molecule has 1 saturated heterocycles. The van der Waals surface area contributed by atoms with Crippen molar-refractivity contribution in [1.82, 2.24) is 4.31 Å². The maximum Gasteiger partial charge on any atom is 0.262 e. The quantitative estimate of drug-likeness (QED) is 0.608. The summed E-state index contributed by atoms with van der Waals surface area (Å²) in [6.45, 7) is 4.93. The van der Waals surface area contributed by atoms with E-state index in [1.54, 1.807) is 19.1 Å². The molecule has 1 aliphatic rings. The van der Waals surface area contributed by atoms with Crippen LogP contribution in [0.4, 0.5) is 5.69 Å². The molecule has 0 unspecified atom stereocenters. The number of methoxy groups -OCH3 is 1. The fourth-order valence-electron chi connectivity index (χ4n) is 3.22.